The van der Waals surface area contributed by atoms with E-state index in [1.165, 1.54) is 0 Å². The molecule has 1 aromatic rings. The highest BCUT2D eigenvalue weighted by Gasteiger charge is 2.04. The number of nitrogens with zero attached hydrogens (tertiary/aromatic N) is 3. The van der Waals surface area contributed by atoms with Crippen molar-refractivity contribution in [1.29, 1.82) is 0 Å². The van der Waals surface area contributed by atoms with Gasteiger partial charge in [0.25, 0.3) is 0 Å². The van der Waals surface area contributed by atoms with Crippen LogP contribution < -0.4 is 9.64 Å². The first-order valence-corrected chi connectivity index (χ1v) is 4.85. The normalized spacial score (nSPS) is 10.1. The Morgan fingerprint density at radius 2 is 2.20 bits per heavy atom. The van der Waals surface area contributed by atoms with Crippen molar-refractivity contribution in [3.05, 3.63) is 12.3 Å². The summed E-state index contributed by atoms with van der Waals surface area (Å²) in [7, 11) is 5.24. The molecule has 0 bridgehead atoms. The van der Waals surface area contributed by atoms with Gasteiger partial charge in [0.05, 0.1) is 7.11 Å². The molecule has 0 radical (unpaired) electrons. The molecule has 5 heteroatoms. The second-order valence-corrected chi connectivity index (χ2v) is 3.17. The van der Waals surface area contributed by atoms with E-state index in [0.717, 1.165) is 19.6 Å². The van der Waals surface area contributed by atoms with E-state index in [-0.39, 0.29) is 0 Å². The van der Waals surface area contributed by atoms with Gasteiger partial charge in [0.2, 0.25) is 11.8 Å². The summed E-state index contributed by atoms with van der Waals surface area (Å²) in [4.78, 5) is 10.4. The molecule has 0 aliphatic rings. The molecule has 1 heterocycles. The number of ether oxygens (including phenoxy) is 2. The van der Waals surface area contributed by atoms with Gasteiger partial charge >= 0.3 is 0 Å². The predicted molar refractivity (Wildman–Crippen MR) is 58.3 cm³/mol. The van der Waals surface area contributed by atoms with Crippen LogP contribution in [0, 0.1) is 0 Å². The Hall–Kier alpha value is -1.36. The van der Waals surface area contributed by atoms with E-state index in [1.54, 1.807) is 26.5 Å². The second-order valence-electron chi connectivity index (χ2n) is 3.17. The zero-order chi connectivity index (χ0) is 11.1. The monoisotopic (exact) mass is 211 g/mol. The summed E-state index contributed by atoms with van der Waals surface area (Å²) in [6.07, 6.45) is 2.64. The van der Waals surface area contributed by atoms with E-state index in [1.807, 2.05) is 11.9 Å². The quantitative estimate of drug-likeness (QED) is 0.656. The van der Waals surface area contributed by atoms with Crippen molar-refractivity contribution in [2.45, 2.75) is 6.42 Å². The van der Waals surface area contributed by atoms with Crippen molar-refractivity contribution in [1.82, 2.24) is 9.97 Å². The van der Waals surface area contributed by atoms with E-state index >= 15 is 0 Å². The van der Waals surface area contributed by atoms with Gasteiger partial charge < -0.3 is 14.4 Å². The SMILES string of the molecule is COCCCN(C)c1nccc(OC)n1. The summed E-state index contributed by atoms with van der Waals surface area (Å²) in [5.41, 5.74) is 0. The van der Waals surface area contributed by atoms with Gasteiger partial charge in [-0.05, 0) is 6.42 Å². The van der Waals surface area contributed by atoms with Crippen LogP contribution in [0.25, 0.3) is 0 Å². The van der Waals surface area contributed by atoms with Crippen molar-refractivity contribution in [2.24, 2.45) is 0 Å². The number of rotatable bonds is 6. The highest BCUT2D eigenvalue weighted by molar-refractivity contribution is 5.30. The Morgan fingerprint density at radius 1 is 1.40 bits per heavy atom. The molecule has 0 aromatic carbocycles. The molecular weight excluding hydrogens is 194 g/mol. The molecule has 0 unspecified atom stereocenters. The summed E-state index contributed by atoms with van der Waals surface area (Å²) in [5.74, 6) is 1.25. The van der Waals surface area contributed by atoms with E-state index in [4.69, 9.17) is 9.47 Å². The molecule has 1 aromatic heterocycles. The smallest absolute Gasteiger partial charge is 0.228 e. The fourth-order valence-electron chi connectivity index (χ4n) is 1.18. The first kappa shape index (κ1) is 11.7. The lowest BCUT2D eigenvalue weighted by Crippen LogP contribution is -2.22. The number of hydrogen-bond donors (Lipinski definition) is 0. The highest BCUT2D eigenvalue weighted by Crippen LogP contribution is 2.10. The minimum atomic E-state index is 0.582. The van der Waals surface area contributed by atoms with Crippen molar-refractivity contribution < 1.29 is 9.47 Å². The van der Waals surface area contributed by atoms with Gasteiger partial charge in [0.1, 0.15) is 0 Å². The van der Waals surface area contributed by atoms with E-state index in [2.05, 4.69) is 9.97 Å². The average molecular weight is 211 g/mol. The van der Waals surface area contributed by atoms with Crippen molar-refractivity contribution in [2.75, 3.05) is 39.3 Å². The first-order valence-electron chi connectivity index (χ1n) is 4.85. The van der Waals surface area contributed by atoms with E-state index in [0.29, 0.717) is 11.8 Å². The van der Waals surface area contributed by atoms with Gasteiger partial charge in [0.15, 0.2) is 0 Å². The Bertz CT molecular complexity index is 294. The van der Waals surface area contributed by atoms with Crippen LogP contribution in [-0.2, 0) is 4.74 Å². The lowest BCUT2D eigenvalue weighted by atomic mass is 10.4. The summed E-state index contributed by atoms with van der Waals surface area (Å²) in [6.45, 7) is 1.61. The largest absolute Gasteiger partial charge is 0.481 e. The number of anilines is 1. The fraction of sp³-hybridized carbons (Fsp3) is 0.600. The molecule has 0 fully saturated rings. The maximum Gasteiger partial charge on any atom is 0.228 e. The summed E-state index contributed by atoms with van der Waals surface area (Å²) in [6, 6.07) is 1.73. The van der Waals surface area contributed by atoms with E-state index in [9.17, 15) is 0 Å². The van der Waals surface area contributed by atoms with Crippen molar-refractivity contribution in [3.63, 3.8) is 0 Å². The number of hydrogen-bond acceptors (Lipinski definition) is 5. The summed E-state index contributed by atoms with van der Waals surface area (Å²) in [5, 5.41) is 0. The van der Waals surface area contributed by atoms with Crippen molar-refractivity contribution in [3.8, 4) is 5.88 Å². The molecule has 84 valence electrons. The number of methoxy groups -OCH3 is 2. The Morgan fingerprint density at radius 3 is 2.87 bits per heavy atom. The molecular formula is C10H17N3O2. The Kier molecular flexibility index (Phi) is 4.83. The van der Waals surface area contributed by atoms with Crippen LogP contribution in [-0.4, -0.2) is 44.4 Å². The summed E-state index contributed by atoms with van der Waals surface area (Å²) < 4.78 is 10.0. The minimum Gasteiger partial charge on any atom is -0.481 e. The molecule has 0 atom stereocenters. The fourth-order valence-corrected chi connectivity index (χ4v) is 1.18. The molecule has 1 rings (SSSR count). The predicted octanol–water partition coefficient (Wildman–Crippen LogP) is 0.958. The molecule has 5 nitrogen and oxygen atoms in total. The van der Waals surface area contributed by atoms with Gasteiger partial charge in [-0.3, -0.25) is 0 Å². The van der Waals surface area contributed by atoms with Crippen LogP contribution in [0.1, 0.15) is 6.42 Å². The molecule has 15 heavy (non-hydrogen) atoms. The highest BCUT2D eigenvalue weighted by atomic mass is 16.5. The molecule has 0 aliphatic heterocycles. The van der Waals surface area contributed by atoms with Crippen LogP contribution in [0.5, 0.6) is 5.88 Å². The molecule has 0 N–H and O–H groups in total. The van der Waals surface area contributed by atoms with Gasteiger partial charge in [0, 0.05) is 39.6 Å². The van der Waals surface area contributed by atoms with Crippen LogP contribution in [0.3, 0.4) is 0 Å². The standard InChI is InChI=1S/C10H17N3O2/c1-13(7-4-8-14-2)10-11-6-5-9(12-10)15-3/h5-6H,4,7-8H2,1-3H3. The maximum atomic E-state index is 5.03. The third kappa shape index (κ3) is 3.71. The molecule has 0 spiro atoms. The minimum absolute atomic E-state index is 0.582. The van der Waals surface area contributed by atoms with Crippen LogP contribution in [0.15, 0.2) is 12.3 Å². The Labute approximate surface area is 90.0 Å². The molecule has 0 aliphatic carbocycles. The lowest BCUT2D eigenvalue weighted by Gasteiger charge is -2.16. The van der Waals surface area contributed by atoms with E-state index < -0.39 is 0 Å². The molecule has 0 amide bonds. The van der Waals surface area contributed by atoms with Crippen molar-refractivity contribution >= 4 is 5.95 Å². The van der Waals surface area contributed by atoms with Gasteiger partial charge in [-0.1, -0.05) is 0 Å². The van der Waals surface area contributed by atoms with Gasteiger partial charge in [-0.2, -0.15) is 4.98 Å². The topological polar surface area (TPSA) is 47.5 Å². The zero-order valence-electron chi connectivity index (χ0n) is 9.43. The average Bonchev–Trinajstić information content (AvgIpc) is 2.29. The van der Waals surface area contributed by atoms with Gasteiger partial charge in [-0.25, -0.2) is 4.98 Å². The molecule has 0 saturated heterocycles. The molecule has 0 saturated carbocycles. The third-order valence-electron chi connectivity index (χ3n) is 2.01. The summed E-state index contributed by atoms with van der Waals surface area (Å²) >= 11 is 0. The number of aromatic nitrogens is 2. The zero-order valence-corrected chi connectivity index (χ0v) is 9.43. The van der Waals surface area contributed by atoms with Crippen LogP contribution in [0.4, 0.5) is 5.95 Å². The van der Waals surface area contributed by atoms with Crippen LogP contribution >= 0.6 is 0 Å². The first-order chi connectivity index (χ1) is 7.27. The Balaban J connectivity index is 2.52. The third-order valence-corrected chi connectivity index (χ3v) is 2.01. The van der Waals surface area contributed by atoms with Gasteiger partial charge in [-0.15, -0.1) is 0 Å². The maximum absolute atomic E-state index is 5.03. The second kappa shape index (κ2) is 6.19. The lowest BCUT2D eigenvalue weighted by molar-refractivity contribution is 0.196. The van der Waals surface area contributed by atoms with Crippen LogP contribution in [0.2, 0.25) is 0 Å².